The average Bonchev–Trinajstić information content (AvgIpc) is 2.59. The van der Waals surface area contributed by atoms with E-state index in [0.29, 0.717) is 18.8 Å². The Hall–Kier alpha value is -1.10. The van der Waals surface area contributed by atoms with E-state index in [1.165, 1.54) is 0 Å². The molecule has 2 unspecified atom stereocenters. The van der Waals surface area contributed by atoms with Crippen LogP contribution in [0, 0.1) is 0 Å². The second kappa shape index (κ2) is 4.64. The van der Waals surface area contributed by atoms with Crippen LogP contribution in [0.3, 0.4) is 0 Å². The fraction of sp³-hybridized carbons (Fsp3) is 0.538. The highest BCUT2D eigenvalue weighted by molar-refractivity contribution is 5.39. The molecule has 2 atom stereocenters. The van der Waals surface area contributed by atoms with E-state index in [4.69, 9.17) is 5.73 Å². The molecule has 4 heteroatoms. The number of aliphatic hydroxyl groups excluding tert-OH is 1. The molecule has 0 saturated carbocycles. The second-order valence-corrected chi connectivity index (χ2v) is 5.16. The van der Waals surface area contributed by atoms with E-state index in [9.17, 15) is 10.2 Å². The van der Waals surface area contributed by atoms with Crippen LogP contribution in [-0.2, 0) is 0 Å². The van der Waals surface area contributed by atoms with E-state index < -0.39 is 11.7 Å². The van der Waals surface area contributed by atoms with Crippen LogP contribution in [0.1, 0.15) is 25.0 Å². The fourth-order valence-corrected chi connectivity index (χ4v) is 2.26. The maximum Gasteiger partial charge on any atom is 0.0916 e. The van der Waals surface area contributed by atoms with Gasteiger partial charge in [0, 0.05) is 25.3 Å². The standard InChI is InChI=1S/C13H20N2O2/c1-13(17)6-7-15(9-13)8-12(16)10-2-4-11(14)5-3-10/h2-5,12,16-17H,6-9,14H2,1H3. The zero-order valence-electron chi connectivity index (χ0n) is 10.1. The first-order chi connectivity index (χ1) is 7.96. The van der Waals surface area contributed by atoms with Crippen LogP contribution in [-0.4, -0.2) is 40.3 Å². The largest absolute Gasteiger partial charge is 0.399 e. The SMILES string of the molecule is CC1(O)CCN(CC(O)c2ccc(N)cc2)C1. The molecule has 1 aromatic rings. The lowest BCUT2D eigenvalue weighted by molar-refractivity contribution is 0.0581. The summed E-state index contributed by atoms with van der Waals surface area (Å²) in [4.78, 5) is 2.08. The van der Waals surface area contributed by atoms with Crippen molar-refractivity contribution in [1.29, 1.82) is 0 Å². The lowest BCUT2D eigenvalue weighted by atomic mass is 10.1. The quantitative estimate of drug-likeness (QED) is 0.678. The summed E-state index contributed by atoms with van der Waals surface area (Å²) in [7, 11) is 0. The number of nitrogens with zero attached hydrogens (tertiary/aromatic N) is 1. The summed E-state index contributed by atoms with van der Waals surface area (Å²) in [5, 5.41) is 19.9. The Labute approximate surface area is 102 Å². The third-order valence-electron chi connectivity index (χ3n) is 3.28. The third-order valence-corrected chi connectivity index (χ3v) is 3.28. The van der Waals surface area contributed by atoms with Crippen molar-refractivity contribution in [2.75, 3.05) is 25.4 Å². The number of β-amino-alcohol motifs (C(OH)–C–C–N with tert-alkyl or cyclic N) is 2. The molecule has 17 heavy (non-hydrogen) atoms. The molecule has 1 aliphatic heterocycles. The average molecular weight is 236 g/mol. The van der Waals surface area contributed by atoms with E-state index in [1.54, 1.807) is 12.1 Å². The molecular weight excluding hydrogens is 216 g/mol. The summed E-state index contributed by atoms with van der Waals surface area (Å²) in [5.41, 5.74) is 6.56. The van der Waals surface area contributed by atoms with Gasteiger partial charge in [-0.1, -0.05) is 12.1 Å². The molecule has 2 rings (SSSR count). The van der Waals surface area contributed by atoms with Crippen LogP contribution >= 0.6 is 0 Å². The van der Waals surface area contributed by atoms with Gasteiger partial charge >= 0.3 is 0 Å². The van der Waals surface area contributed by atoms with Gasteiger partial charge in [0.1, 0.15) is 0 Å². The highest BCUT2D eigenvalue weighted by atomic mass is 16.3. The van der Waals surface area contributed by atoms with E-state index >= 15 is 0 Å². The van der Waals surface area contributed by atoms with E-state index in [2.05, 4.69) is 4.90 Å². The number of hydrogen-bond acceptors (Lipinski definition) is 4. The Balaban J connectivity index is 1.93. The Kier molecular flexibility index (Phi) is 3.38. The molecule has 0 radical (unpaired) electrons. The zero-order valence-corrected chi connectivity index (χ0v) is 10.1. The number of rotatable bonds is 3. The highest BCUT2D eigenvalue weighted by Crippen LogP contribution is 2.23. The van der Waals surface area contributed by atoms with Crippen LogP contribution in [0.15, 0.2) is 24.3 Å². The van der Waals surface area contributed by atoms with Gasteiger partial charge in [0.05, 0.1) is 11.7 Å². The molecule has 0 spiro atoms. The molecule has 0 amide bonds. The van der Waals surface area contributed by atoms with E-state index in [0.717, 1.165) is 18.5 Å². The van der Waals surface area contributed by atoms with Gasteiger partial charge in [-0.25, -0.2) is 0 Å². The second-order valence-electron chi connectivity index (χ2n) is 5.16. The minimum Gasteiger partial charge on any atom is -0.399 e. The maximum absolute atomic E-state index is 10.1. The number of aliphatic hydroxyl groups is 2. The third kappa shape index (κ3) is 3.19. The van der Waals surface area contributed by atoms with Gasteiger partial charge < -0.3 is 15.9 Å². The Bertz CT molecular complexity index is 376. The molecular formula is C13H20N2O2. The van der Waals surface area contributed by atoms with Gasteiger partial charge in [-0.05, 0) is 31.0 Å². The molecule has 1 aromatic carbocycles. The summed E-state index contributed by atoms with van der Waals surface area (Å²) in [5.74, 6) is 0. The van der Waals surface area contributed by atoms with Crippen molar-refractivity contribution < 1.29 is 10.2 Å². The number of nitrogen functional groups attached to an aromatic ring is 1. The zero-order chi connectivity index (χ0) is 12.5. The lowest BCUT2D eigenvalue weighted by Gasteiger charge is -2.21. The molecule has 1 fully saturated rings. The maximum atomic E-state index is 10.1. The summed E-state index contributed by atoms with van der Waals surface area (Å²) in [6, 6.07) is 7.26. The topological polar surface area (TPSA) is 69.7 Å². The Morgan fingerprint density at radius 2 is 2.06 bits per heavy atom. The van der Waals surface area contributed by atoms with Crippen LogP contribution in [0.25, 0.3) is 0 Å². The first-order valence-corrected chi connectivity index (χ1v) is 5.94. The molecule has 1 saturated heterocycles. The summed E-state index contributed by atoms with van der Waals surface area (Å²) < 4.78 is 0. The number of hydrogen-bond donors (Lipinski definition) is 3. The molecule has 1 aliphatic rings. The lowest BCUT2D eigenvalue weighted by Crippen LogP contribution is -2.32. The summed E-state index contributed by atoms with van der Waals surface area (Å²) in [6.07, 6.45) is 0.242. The summed E-state index contributed by atoms with van der Waals surface area (Å²) in [6.45, 7) is 3.85. The number of nitrogens with two attached hydrogens (primary N) is 1. The van der Waals surface area contributed by atoms with Crippen LogP contribution in [0.2, 0.25) is 0 Å². The molecule has 4 nitrogen and oxygen atoms in total. The molecule has 94 valence electrons. The monoisotopic (exact) mass is 236 g/mol. The number of benzene rings is 1. The first-order valence-electron chi connectivity index (χ1n) is 5.94. The molecule has 0 bridgehead atoms. The predicted octanol–water partition coefficient (Wildman–Crippen LogP) is 0.759. The minimum atomic E-state index is -0.610. The van der Waals surface area contributed by atoms with Crippen LogP contribution < -0.4 is 5.73 Å². The van der Waals surface area contributed by atoms with Crippen molar-refractivity contribution >= 4 is 5.69 Å². The minimum absolute atomic E-state index is 0.524. The van der Waals surface area contributed by atoms with Gasteiger partial charge in [-0.3, -0.25) is 4.90 Å². The van der Waals surface area contributed by atoms with Crippen LogP contribution in [0.4, 0.5) is 5.69 Å². The molecule has 0 aromatic heterocycles. The van der Waals surface area contributed by atoms with Gasteiger partial charge in [0.25, 0.3) is 0 Å². The van der Waals surface area contributed by atoms with Crippen molar-refractivity contribution in [3.05, 3.63) is 29.8 Å². The smallest absolute Gasteiger partial charge is 0.0916 e. The Morgan fingerprint density at radius 3 is 2.59 bits per heavy atom. The van der Waals surface area contributed by atoms with Crippen molar-refractivity contribution in [2.45, 2.75) is 25.0 Å². The van der Waals surface area contributed by atoms with E-state index in [-0.39, 0.29) is 0 Å². The van der Waals surface area contributed by atoms with Crippen molar-refractivity contribution in [3.8, 4) is 0 Å². The van der Waals surface area contributed by atoms with E-state index in [1.807, 2.05) is 19.1 Å². The van der Waals surface area contributed by atoms with Crippen molar-refractivity contribution in [2.24, 2.45) is 0 Å². The molecule has 1 heterocycles. The first kappa shape index (κ1) is 12.4. The van der Waals surface area contributed by atoms with Gasteiger partial charge in [-0.15, -0.1) is 0 Å². The molecule has 0 aliphatic carbocycles. The van der Waals surface area contributed by atoms with Crippen molar-refractivity contribution in [1.82, 2.24) is 4.90 Å². The van der Waals surface area contributed by atoms with Gasteiger partial charge in [0.2, 0.25) is 0 Å². The molecule has 4 N–H and O–H groups in total. The number of likely N-dealkylation sites (tertiary alicyclic amines) is 1. The fourth-order valence-electron chi connectivity index (χ4n) is 2.26. The van der Waals surface area contributed by atoms with Crippen molar-refractivity contribution in [3.63, 3.8) is 0 Å². The predicted molar refractivity (Wildman–Crippen MR) is 67.5 cm³/mol. The normalized spacial score (nSPS) is 27.2. The highest BCUT2D eigenvalue weighted by Gasteiger charge is 2.32. The number of anilines is 1. The van der Waals surface area contributed by atoms with Gasteiger partial charge in [-0.2, -0.15) is 0 Å². The van der Waals surface area contributed by atoms with Crippen LogP contribution in [0.5, 0.6) is 0 Å². The van der Waals surface area contributed by atoms with Gasteiger partial charge in [0.15, 0.2) is 0 Å². The summed E-state index contributed by atoms with van der Waals surface area (Å²) >= 11 is 0. The Morgan fingerprint density at radius 1 is 1.41 bits per heavy atom.